The first-order valence-corrected chi connectivity index (χ1v) is 7.31. The van der Waals surface area contributed by atoms with Crippen LogP contribution in [0.25, 0.3) is 10.8 Å². The van der Waals surface area contributed by atoms with E-state index in [4.69, 9.17) is 0 Å². The van der Waals surface area contributed by atoms with Crippen molar-refractivity contribution in [3.05, 3.63) is 72.3 Å². The van der Waals surface area contributed by atoms with Gasteiger partial charge in [-0.05, 0) is 30.5 Å². The van der Waals surface area contributed by atoms with Crippen molar-refractivity contribution < 1.29 is 9.59 Å². The van der Waals surface area contributed by atoms with Crippen molar-refractivity contribution in [3.63, 3.8) is 0 Å². The summed E-state index contributed by atoms with van der Waals surface area (Å²) in [6.07, 6.45) is 0. The van der Waals surface area contributed by atoms with Gasteiger partial charge >= 0.3 is 6.03 Å². The molecule has 0 saturated carbocycles. The van der Waals surface area contributed by atoms with Crippen LogP contribution in [0.15, 0.2) is 66.7 Å². The second-order valence-electron chi connectivity index (χ2n) is 5.21. The number of amides is 2. The normalized spacial score (nSPS) is 10.3. The average Bonchev–Trinajstić information content (AvgIpc) is 2.55. The molecule has 2 amide bonds. The van der Waals surface area contributed by atoms with Crippen LogP contribution in [0, 0.1) is 0 Å². The van der Waals surface area contributed by atoms with E-state index in [1.165, 1.54) is 6.92 Å². The Morgan fingerprint density at radius 3 is 2.17 bits per heavy atom. The van der Waals surface area contributed by atoms with Crippen molar-refractivity contribution in [2.24, 2.45) is 0 Å². The fourth-order valence-corrected chi connectivity index (χ4v) is 2.51. The Hall–Kier alpha value is -3.14. The molecule has 0 aromatic heterocycles. The summed E-state index contributed by atoms with van der Waals surface area (Å²) in [7, 11) is 0. The first kappa shape index (κ1) is 14.8. The number of urea groups is 1. The van der Waals surface area contributed by atoms with Crippen molar-refractivity contribution in [2.45, 2.75) is 6.92 Å². The molecule has 0 atom stereocenters. The zero-order valence-electron chi connectivity index (χ0n) is 12.7. The third-order valence-corrected chi connectivity index (χ3v) is 3.59. The van der Waals surface area contributed by atoms with Gasteiger partial charge in [0.1, 0.15) is 0 Å². The zero-order valence-corrected chi connectivity index (χ0v) is 12.7. The third-order valence-electron chi connectivity index (χ3n) is 3.59. The molecule has 0 aliphatic heterocycles. The summed E-state index contributed by atoms with van der Waals surface area (Å²) in [6.45, 7) is 1.48. The molecule has 0 aliphatic rings. The van der Waals surface area contributed by atoms with Crippen molar-refractivity contribution in [2.75, 3.05) is 10.6 Å². The van der Waals surface area contributed by atoms with E-state index < -0.39 is 0 Å². The van der Waals surface area contributed by atoms with Crippen LogP contribution in [-0.4, -0.2) is 11.8 Å². The Kier molecular flexibility index (Phi) is 4.06. The van der Waals surface area contributed by atoms with Crippen molar-refractivity contribution in [1.82, 2.24) is 0 Å². The number of nitrogens with one attached hydrogen (secondary N) is 2. The number of carbonyl (C=O) groups excluding carboxylic acids is 2. The predicted molar refractivity (Wildman–Crippen MR) is 93.0 cm³/mol. The number of rotatable bonds is 3. The van der Waals surface area contributed by atoms with Crippen LogP contribution < -0.4 is 10.6 Å². The quantitative estimate of drug-likeness (QED) is 0.690. The van der Waals surface area contributed by atoms with E-state index in [-0.39, 0.29) is 11.8 Å². The first-order chi connectivity index (χ1) is 11.1. The first-order valence-electron chi connectivity index (χ1n) is 7.31. The van der Waals surface area contributed by atoms with Gasteiger partial charge in [0.25, 0.3) is 0 Å². The average molecular weight is 304 g/mol. The Balaban J connectivity index is 1.84. The van der Waals surface area contributed by atoms with Crippen molar-refractivity contribution in [3.8, 4) is 0 Å². The molecule has 0 unspecified atom stereocenters. The molecule has 3 rings (SSSR count). The Bertz CT molecular complexity index is 882. The van der Waals surface area contributed by atoms with E-state index >= 15 is 0 Å². The van der Waals surface area contributed by atoms with Gasteiger partial charge in [-0.2, -0.15) is 0 Å². The molecule has 0 heterocycles. The fourth-order valence-electron chi connectivity index (χ4n) is 2.51. The predicted octanol–water partition coefficient (Wildman–Crippen LogP) is 4.69. The van der Waals surface area contributed by atoms with Gasteiger partial charge in [0.05, 0.1) is 11.4 Å². The lowest BCUT2D eigenvalue weighted by molar-refractivity contribution is 0.101. The summed E-state index contributed by atoms with van der Waals surface area (Å²) >= 11 is 0. The minimum absolute atomic E-state index is 0.0916. The van der Waals surface area contributed by atoms with Gasteiger partial charge in [0.15, 0.2) is 5.78 Å². The molecule has 3 aromatic rings. The number of fused-ring (bicyclic) bond motifs is 1. The second kappa shape index (κ2) is 6.32. The number of hydrogen-bond donors (Lipinski definition) is 2. The Morgan fingerprint density at radius 1 is 0.739 bits per heavy atom. The lowest BCUT2D eigenvalue weighted by Gasteiger charge is -2.12. The molecule has 23 heavy (non-hydrogen) atoms. The summed E-state index contributed by atoms with van der Waals surface area (Å²) in [5, 5.41) is 7.59. The lowest BCUT2D eigenvalue weighted by atomic mass is 10.1. The molecule has 2 N–H and O–H groups in total. The highest BCUT2D eigenvalue weighted by Crippen LogP contribution is 2.23. The maximum atomic E-state index is 12.3. The Labute approximate surface area is 134 Å². The van der Waals surface area contributed by atoms with Crippen molar-refractivity contribution >= 4 is 34.0 Å². The molecule has 3 aromatic carbocycles. The van der Waals surface area contributed by atoms with E-state index in [1.54, 1.807) is 24.3 Å². The number of benzene rings is 3. The molecule has 4 nitrogen and oxygen atoms in total. The van der Waals surface area contributed by atoms with Crippen LogP contribution in [0.2, 0.25) is 0 Å². The number of hydrogen-bond acceptors (Lipinski definition) is 2. The summed E-state index contributed by atoms with van der Waals surface area (Å²) < 4.78 is 0. The van der Waals surface area contributed by atoms with Gasteiger partial charge in [-0.15, -0.1) is 0 Å². The van der Waals surface area contributed by atoms with Crippen LogP contribution >= 0.6 is 0 Å². The molecule has 0 saturated heterocycles. The molecule has 4 heteroatoms. The monoisotopic (exact) mass is 304 g/mol. The van der Waals surface area contributed by atoms with Gasteiger partial charge in [0, 0.05) is 10.9 Å². The van der Waals surface area contributed by atoms with Crippen molar-refractivity contribution in [1.29, 1.82) is 0 Å². The van der Waals surface area contributed by atoms with Gasteiger partial charge in [0.2, 0.25) is 0 Å². The topological polar surface area (TPSA) is 58.2 Å². The molecular formula is C19H16N2O2. The highest BCUT2D eigenvalue weighted by Gasteiger charge is 2.10. The highest BCUT2D eigenvalue weighted by molar-refractivity contribution is 6.09. The van der Waals surface area contributed by atoms with Crippen LogP contribution in [0.5, 0.6) is 0 Å². The maximum Gasteiger partial charge on any atom is 0.323 e. The molecule has 114 valence electrons. The fraction of sp³-hybridized carbons (Fsp3) is 0.0526. The van der Waals surface area contributed by atoms with Gasteiger partial charge in [-0.25, -0.2) is 4.79 Å². The summed E-state index contributed by atoms with van der Waals surface area (Å²) in [4.78, 5) is 23.9. The third kappa shape index (κ3) is 3.21. The maximum absolute atomic E-state index is 12.3. The highest BCUT2D eigenvalue weighted by atomic mass is 16.2. The zero-order chi connectivity index (χ0) is 16.2. The van der Waals surface area contributed by atoms with E-state index in [0.29, 0.717) is 11.3 Å². The van der Waals surface area contributed by atoms with Crippen LogP contribution in [-0.2, 0) is 0 Å². The minimum Gasteiger partial charge on any atom is -0.307 e. The number of carbonyl (C=O) groups is 2. The van der Waals surface area contributed by atoms with Crippen LogP contribution in [0.3, 0.4) is 0 Å². The Morgan fingerprint density at radius 2 is 1.35 bits per heavy atom. The molecule has 0 aliphatic carbocycles. The summed E-state index contributed by atoms with van der Waals surface area (Å²) in [5.41, 5.74) is 1.71. The number of ketones is 1. The molecular weight excluding hydrogens is 288 g/mol. The van der Waals surface area contributed by atoms with Gasteiger partial charge in [-0.3, -0.25) is 4.79 Å². The molecule has 0 fully saturated rings. The van der Waals surface area contributed by atoms with Crippen LogP contribution in [0.4, 0.5) is 16.2 Å². The largest absolute Gasteiger partial charge is 0.323 e. The molecule has 0 bridgehead atoms. The van der Waals surface area contributed by atoms with Crippen LogP contribution in [0.1, 0.15) is 17.3 Å². The summed E-state index contributed by atoms with van der Waals surface area (Å²) in [5.74, 6) is -0.0916. The van der Waals surface area contributed by atoms with E-state index in [9.17, 15) is 9.59 Å². The molecule has 0 spiro atoms. The number of anilines is 2. The van der Waals surface area contributed by atoms with E-state index in [2.05, 4.69) is 10.6 Å². The smallest absolute Gasteiger partial charge is 0.307 e. The lowest BCUT2D eigenvalue weighted by Crippen LogP contribution is -2.20. The SMILES string of the molecule is CC(=O)c1ccccc1NC(=O)Nc1cccc2ccccc12. The van der Waals surface area contributed by atoms with E-state index in [1.807, 2.05) is 42.5 Å². The molecule has 0 radical (unpaired) electrons. The van der Waals surface area contributed by atoms with E-state index in [0.717, 1.165) is 16.5 Å². The summed E-state index contributed by atoms with van der Waals surface area (Å²) in [6, 6.07) is 20.1. The number of para-hydroxylation sites is 1. The van der Waals surface area contributed by atoms with Gasteiger partial charge < -0.3 is 10.6 Å². The number of Topliss-reactive ketones (excluding diaryl/α,β-unsaturated/α-hetero) is 1. The second-order valence-corrected chi connectivity index (χ2v) is 5.21. The van der Waals surface area contributed by atoms with Gasteiger partial charge in [-0.1, -0.05) is 48.5 Å². The minimum atomic E-state index is -0.380. The standard InChI is InChI=1S/C19H16N2O2/c1-13(22)15-9-4-5-11-17(15)20-19(23)21-18-12-6-8-14-7-2-3-10-16(14)18/h2-12H,1H3,(H2,20,21,23).